The summed E-state index contributed by atoms with van der Waals surface area (Å²) in [5.74, 6) is 0.0848. The smallest absolute Gasteiger partial charge is 0.334 e. The summed E-state index contributed by atoms with van der Waals surface area (Å²) in [7, 11) is 1.64. The molecule has 0 N–H and O–H groups in total. The van der Waals surface area contributed by atoms with Crippen LogP contribution in [0.1, 0.15) is 25.7 Å². The molecule has 1 fully saturated rings. The predicted octanol–water partition coefficient (Wildman–Crippen LogP) is 0.753. The predicted molar refractivity (Wildman–Crippen MR) is 65.6 cm³/mol. The Kier molecular flexibility index (Phi) is 6.74. The number of hydrogen-bond donors (Lipinski definition) is 0. The topological polar surface area (TPSA) is 72.9 Å². The Hall–Kier alpha value is -1.08. The van der Waals surface area contributed by atoms with Gasteiger partial charge in [-0.2, -0.15) is 11.8 Å². The SMILES string of the molecule is COCCCSCCC(=O)ON1C(=O)CCC1=O. The Balaban J connectivity index is 2.10. The molecule has 0 spiro atoms. The summed E-state index contributed by atoms with van der Waals surface area (Å²) < 4.78 is 4.90. The molecule has 0 aromatic rings. The van der Waals surface area contributed by atoms with Gasteiger partial charge >= 0.3 is 5.97 Å². The van der Waals surface area contributed by atoms with Crippen molar-refractivity contribution in [3.8, 4) is 0 Å². The zero-order valence-corrected chi connectivity index (χ0v) is 11.2. The molecule has 7 heteroatoms. The molecule has 102 valence electrons. The first-order valence-corrected chi connectivity index (χ1v) is 6.94. The standard InChI is InChI=1S/C11H17NO5S/c1-16-6-2-7-18-8-5-11(15)17-12-9(13)3-4-10(12)14/h2-8H2,1H3. The number of hydroxylamine groups is 2. The minimum absolute atomic E-state index is 0.123. The summed E-state index contributed by atoms with van der Waals surface area (Å²) in [6.07, 6.45) is 1.36. The molecule has 0 aromatic heterocycles. The lowest BCUT2D eigenvalue weighted by molar-refractivity contribution is -0.197. The molecule has 0 aliphatic carbocycles. The average Bonchev–Trinajstić information content (AvgIpc) is 2.65. The summed E-state index contributed by atoms with van der Waals surface area (Å²) in [4.78, 5) is 38.4. The molecule has 0 aromatic carbocycles. The Labute approximate surface area is 110 Å². The van der Waals surface area contributed by atoms with E-state index in [-0.39, 0.29) is 19.3 Å². The Bertz CT molecular complexity index is 305. The highest BCUT2D eigenvalue weighted by Crippen LogP contribution is 2.13. The molecule has 18 heavy (non-hydrogen) atoms. The van der Waals surface area contributed by atoms with Crippen LogP contribution in [0.2, 0.25) is 0 Å². The number of imide groups is 1. The van der Waals surface area contributed by atoms with E-state index >= 15 is 0 Å². The zero-order valence-electron chi connectivity index (χ0n) is 10.3. The van der Waals surface area contributed by atoms with E-state index in [0.29, 0.717) is 17.4 Å². The van der Waals surface area contributed by atoms with Crippen LogP contribution >= 0.6 is 11.8 Å². The fraction of sp³-hybridized carbons (Fsp3) is 0.727. The van der Waals surface area contributed by atoms with Crippen molar-refractivity contribution in [2.24, 2.45) is 0 Å². The first-order chi connectivity index (χ1) is 8.65. The first-order valence-electron chi connectivity index (χ1n) is 5.78. The van der Waals surface area contributed by atoms with Crippen molar-refractivity contribution in [3.63, 3.8) is 0 Å². The van der Waals surface area contributed by atoms with E-state index in [0.717, 1.165) is 12.2 Å². The lowest BCUT2D eigenvalue weighted by Gasteiger charge is -2.12. The van der Waals surface area contributed by atoms with Crippen molar-refractivity contribution in [2.75, 3.05) is 25.2 Å². The normalized spacial score (nSPS) is 15.3. The van der Waals surface area contributed by atoms with Crippen molar-refractivity contribution >= 4 is 29.5 Å². The highest BCUT2D eigenvalue weighted by Gasteiger charge is 2.32. The number of nitrogens with zero attached hydrogens (tertiary/aromatic N) is 1. The molecule has 0 unspecified atom stereocenters. The van der Waals surface area contributed by atoms with E-state index in [2.05, 4.69) is 0 Å². The van der Waals surface area contributed by atoms with E-state index in [1.807, 2.05) is 0 Å². The maximum absolute atomic E-state index is 11.4. The van der Waals surface area contributed by atoms with Gasteiger partial charge in [-0.15, -0.1) is 5.06 Å². The summed E-state index contributed by atoms with van der Waals surface area (Å²) in [6.45, 7) is 0.703. The number of carbonyl (C=O) groups excluding carboxylic acids is 3. The van der Waals surface area contributed by atoms with Crippen molar-refractivity contribution < 1.29 is 24.0 Å². The van der Waals surface area contributed by atoms with Gasteiger partial charge in [-0.05, 0) is 12.2 Å². The van der Waals surface area contributed by atoms with E-state index in [1.165, 1.54) is 0 Å². The average molecular weight is 275 g/mol. The summed E-state index contributed by atoms with van der Waals surface area (Å²) in [6, 6.07) is 0. The number of methoxy groups -OCH3 is 1. The summed E-state index contributed by atoms with van der Waals surface area (Å²) in [5.41, 5.74) is 0. The number of hydrogen-bond acceptors (Lipinski definition) is 6. The van der Waals surface area contributed by atoms with E-state index in [1.54, 1.807) is 18.9 Å². The molecule has 1 aliphatic heterocycles. The quantitative estimate of drug-likeness (QED) is 0.481. The van der Waals surface area contributed by atoms with Gasteiger partial charge in [0.05, 0.1) is 6.42 Å². The van der Waals surface area contributed by atoms with Crippen LogP contribution in [0.5, 0.6) is 0 Å². The van der Waals surface area contributed by atoms with Crippen LogP contribution in [0.15, 0.2) is 0 Å². The van der Waals surface area contributed by atoms with Gasteiger partial charge < -0.3 is 9.57 Å². The van der Waals surface area contributed by atoms with Crippen LogP contribution < -0.4 is 0 Å². The van der Waals surface area contributed by atoms with Crippen molar-refractivity contribution in [3.05, 3.63) is 0 Å². The van der Waals surface area contributed by atoms with E-state index in [4.69, 9.17) is 9.57 Å². The number of ether oxygens (including phenoxy) is 1. The van der Waals surface area contributed by atoms with E-state index in [9.17, 15) is 14.4 Å². The molecule has 0 bridgehead atoms. The monoisotopic (exact) mass is 275 g/mol. The third-order valence-electron chi connectivity index (χ3n) is 2.29. The molecule has 0 radical (unpaired) electrons. The van der Waals surface area contributed by atoms with Gasteiger partial charge in [0.15, 0.2) is 0 Å². The molecule has 1 rings (SSSR count). The fourth-order valence-corrected chi connectivity index (χ4v) is 2.21. The van der Waals surface area contributed by atoms with Gasteiger partial charge in [-0.3, -0.25) is 9.59 Å². The van der Waals surface area contributed by atoms with Gasteiger partial charge in [0, 0.05) is 32.3 Å². The third-order valence-corrected chi connectivity index (χ3v) is 3.36. The second kappa shape index (κ2) is 8.10. The van der Waals surface area contributed by atoms with Crippen molar-refractivity contribution in [2.45, 2.75) is 25.7 Å². The van der Waals surface area contributed by atoms with E-state index < -0.39 is 17.8 Å². The second-order valence-electron chi connectivity index (χ2n) is 3.75. The maximum atomic E-state index is 11.4. The van der Waals surface area contributed by atoms with Crippen LogP contribution in [0.25, 0.3) is 0 Å². The highest BCUT2D eigenvalue weighted by molar-refractivity contribution is 7.99. The molecular formula is C11H17NO5S. The molecular weight excluding hydrogens is 258 g/mol. The van der Waals surface area contributed by atoms with Gasteiger partial charge in [-0.1, -0.05) is 0 Å². The largest absolute Gasteiger partial charge is 0.385 e. The van der Waals surface area contributed by atoms with Crippen LogP contribution in [0.3, 0.4) is 0 Å². The minimum Gasteiger partial charge on any atom is -0.385 e. The molecule has 2 amide bonds. The maximum Gasteiger partial charge on any atom is 0.334 e. The van der Waals surface area contributed by atoms with Crippen LogP contribution in [-0.4, -0.2) is 48.1 Å². The number of carbonyl (C=O) groups is 3. The number of rotatable bonds is 8. The highest BCUT2D eigenvalue weighted by atomic mass is 32.2. The fourth-order valence-electron chi connectivity index (χ4n) is 1.37. The van der Waals surface area contributed by atoms with Gasteiger partial charge in [0.1, 0.15) is 0 Å². The molecule has 6 nitrogen and oxygen atoms in total. The van der Waals surface area contributed by atoms with Gasteiger partial charge in [-0.25, -0.2) is 4.79 Å². The lowest BCUT2D eigenvalue weighted by Crippen LogP contribution is -2.32. The summed E-state index contributed by atoms with van der Waals surface area (Å²) in [5, 5.41) is 0.581. The van der Waals surface area contributed by atoms with Crippen molar-refractivity contribution in [1.82, 2.24) is 5.06 Å². The molecule has 1 aliphatic rings. The molecule has 0 atom stereocenters. The lowest BCUT2D eigenvalue weighted by atomic mass is 10.4. The third kappa shape index (κ3) is 5.05. The second-order valence-corrected chi connectivity index (χ2v) is 4.98. The van der Waals surface area contributed by atoms with Crippen molar-refractivity contribution in [1.29, 1.82) is 0 Å². The van der Waals surface area contributed by atoms with Crippen LogP contribution in [0.4, 0.5) is 0 Å². The van der Waals surface area contributed by atoms with Crippen LogP contribution in [0, 0.1) is 0 Å². The minimum atomic E-state index is -0.544. The Morgan fingerprint density at radius 1 is 1.28 bits per heavy atom. The Morgan fingerprint density at radius 3 is 2.56 bits per heavy atom. The molecule has 0 saturated carbocycles. The zero-order chi connectivity index (χ0) is 13.4. The number of amides is 2. The Morgan fingerprint density at radius 2 is 1.94 bits per heavy atom. The van der Waals surface area contributed by atoms with Gasteiger partial charge in [0.25, 0.3) is 11.8 Å². The molecule has 1 heterocycles. The van der Waals surface area contributed by atoms with Gasteiger partial charge in [0.2, 0.25) is 0 Å². The first kappa shape index (κ1) is 15.0. The molecule has 1 saturated heterocycles. The van der Waals surface area contributed by atoms with Crippen LogP contribution in [-0.2, 0) is 24.0 Å². The summed E-state index contributed by atoms with van der Waals surface area (Å²) >= 11 is 1.61. The number of thioether (sulfide) groups is 1.